The molecule has 0 bridgehead atoms. The maximum Gasteiger partial charge on any atom is 0.227 e. The summed E-state index contributed by atoms with van der Waals surface area (Å²) in [5.74, 6) is 2.76. The fourth-order valence-corrected chi connectivity index (χ4v) is 3.88. The SMILES string of the molecule is Cc1nnc(N2CCN(CC(C)CN3CCCCC3)CC2)n1C. The lowest BCUT2D eigenvalue weighted by Crippen LogP contribution is -2.49. The van der Waals surface area contributed by atoms with E-state index >= 15 is 0 Å². The van der Waals surface area contributed by atoms with Crippen LogP contribution >= 0.6 is 0 Å². The van der Waals surface area contributed by atoms with Crippen LogP contribution in [0.25, 0.3) is 0 Å². The van der Waals surface area contributed by atoms with E-state index in [1.54, 1.807) is 0 Å². The number of piperidine rings is 1. The fraction of sp³-hybridized carbons (Fsp3) is 0.882. The number of nitrogens with zero attached hydrogens (tertiary/aromatic N) is 6. The summed E-state index contributed by atoms with van der Waals surface area (Å²) >= 11 is 0. The molecule has 0 N–H and O–H groups in total. The Hall–Kier alpha value is -1.14. The summed E-state index contributed by atoms with van der Waals surface area (Å²) < 4.78 is 2.09. The van der Waals surface area contributed by atoms with Crippen LogP contribution in [0.15, 0.2) is 0 Å². The monoisotopic (exact) mass is 320 g/mol. The Morgan fingerprint density at radius 2 is 1.48 bits per heavy atom. The van der Waals surface area contributed by atoms with Crippen LogP contribution in [0, 0.1) is 12.8 Å². The molecule has 3 heterocycles. The summed E-state index contributed by atoms with van der Waals surface area (Å²) in [4.78, 5) is 7.65. The zero-order valence-electron chi connectivity index (χ0n) is 15.0. The molecule has 2 fully saturated rings. The van der Waals surface area contributed by atoms with Gasteiger partial charge in [-0.3, -0.25) is 4.90 Å². The highest BCUT2D eigenvalue weighted by molar-refractivity contribution is 5.31. The van der Waals surface area contributed by atoms with Crippen LogP contribution in [0.3, 0.4) is 0 Å². The molecule has 6 nitrogen and oxygen atoms in total. The second-order valence-corrected chi connectivity index (χ2v) is 7.36. The van der Waals surface area contributed by atoms with Crippen LogP contribution < -0.4 is 4.90 Å². The molecule has 130 valence electrons. The molecule has 1 atom stereocenters. The van der Waals surface area contributed by atoms with Gasteiger partial charge in [-0.15, -0.1) is 10.2 Å². The topological polar surface area (TPSA) is 40.4 Å². The van der Waals surface area contributed by atoms with Crippen molar-refractivity contribution in [2.75, 3.05) is 57.3 Å². The Balaban J connectivity index is 1.42. The Morgan fingerprint density at radius 3 is 2.04 bits per heavy atom. The third-order valence-electron chi connectivity index (χ3n) is 5.31. The second-order valence-electron chi connectivity index (χ2n) is 7.36. The first kappa shape index (κ1) is 16.7. The quantitative estimate of drug-likeness (QED) is 0.819. The number of aryl methyl sites for hydroxylation is 1. The molecule has 23 heavy (non-hydrogen) atoms. The van der Waals surface area contributed by atoms with Gasteiger partial charge in [-0.1, -0.05) is 13.3 Å². The fourth-order valence-electron chi connectivity index (χ4n) is 3.88. The normalized spacial score (nSPS) is 22.5. The highest BCUT2D eigenvalue weighted by Crippen LogP contribution is 2.16. The first-order valence-electron chi connectivity index (χ1n) is 9.19. The van der Waals surface area contributed by atoms with E-state index in [0.29, 0.717) is 0 Å². The smallest absolute Gasteiger partial charge is 0.227 e. The number of aromatic nitrogens is 3. The summed E-state index contributed by atoms with van der Waals surface area (Å²) in [6.07, 6.45) is 4.21. The molecule has 0 amide bonds. The van der Waals surface area contributed by atoms with E-state index in [1.165, 1.54) is 45.4 Å². The van der Waals surface area contributed by atoms with Gasteiger partial charge in [0.25, 0.3) is 0 Å². The van der Waals surface area contributed by atoms with E-state index in [9.17, 15) is 0 Å². The molecule has 1 aromatic rings. The van der Waals surface area contributed by atoms with Crippen molar-refractivity contribution in [3.05, 3.63) is 5.82 Å². The zero-order chi connectivity index (χ0) is 16.2. The van der Waals surface area contributed by atoms with Crippen LogP contribution in [0.2, 0.25) is 0 Å². The molecule has 0 spiro atoms. The van der Waals surface area contributed by atoms with Crippen molar-refractivity contribution in [1.82, 2.24) is 24.6 Å². The number of anilines is 1. The van der Waals surface area contributed by atoms with Crippen LogP contribution in [0.4, 0.5) is 5.95 Å². The molecule has 3 rings (SSSR count). The number of piperazine rings is 1. The number of rotatable bonds is 5. The zero-order valence-corrected chi connectivity index (χ0v) is 15.0. The molecule has 0 aromatic carbocycles. The second kappa shape index (κ2) is 7.62. The maximum atomic E-state index is 4.32. The Kier molecular flexibility index (Phi) is 5.54. The van der Waals surface area contributed by atoms with E-state index in [4.69, 9.17) is 0 Å². The van der Waals surface area contributed by atoms with Crippen molar-refractivity contribution in [2.45, 2.75) is 33.1 Å². The minimum atomic E-state index is 0.761. The molecule has 2 aliphatic heterocycles. The molecular weight excluding hydrogens is 288 g/mol. The molecule has 0 saturated carbocycles. The Morgan fingerprint density at radius 1 is 0.870 bits per heavy atom. The van der Waals surface area contributed by atoms with E-state index in [0.717, 1.165) is 43.9 Å². The highest BCUT2D eigenvalue weighted by atomic mass is 15.4. The van der Waals surface area contributed by atoms with Gasteiger partial charge in [0.05, 0.1) is 0 Å². The number of likely N-dealkylation sites (tertiary alicyclic amines) is 1. The predicted molar refractivity (Wildman–Crippen MR) is 93.8 cm³/mol. The van der Waals surface area contributed by atoms with Crippen LogP contribution in [-0.4, -0.2) is 76.9 Å². The van der Waals surface area contributed by atoms with Crippen molar-refractivity contribution < 1.29 is 0 Å². The summed E-state index contributed by atoms with van der Waals surface area (Å²) in [5, 5.41) is 8.49. The third kappa shape index (κ3) is 4.23. The largest absolute Gasteiger partial charge is 0.338 e. The van der Waals surface area contributed by atoms with Gasteiger partial charge in [0, 0.05) is 46.3 Å². The molecular formula is C17H32N6. The van der Waals surface area contributed by atoms with Crippen molar-refractivity contribution in [3.8, 4) is 0 Å². The van der Waals surface area contributed by atoms with Gasteiger partial charge in [-0.05, 0) is 38.8 Å². The summed E-state index contributed by atoms with van der Waals surface area (Å²) in [6, 6.07) is 0. The van der Waals surface area contributed by atoms with Gasteiger partial charge in [0.1, 0.15) is 5.82 Å². The van der Waals surface area contributed by atoms with Crippen molar-refractivity contribution in [1.29, 1.82) is 0 Å². The van der Waals surface area contributed by atoms with E-state index in [-0.39, 0.29) is 0 Å². The Labute approximate surface area is 140 Å². The summed E-state index contributed by atoms with van der Waals surface area (Å²) in [7, 11) is 2.05. The summed E-state index contributed by atoms with van der Waals surface area (Å²) in [5.41, 5.74) is 0. The first-order valence-corrected chi connectivity index (χ1v) is 9.19. The van der Waals surface area contributed by atoms with E-state index in [1.807, 2.05) is 6.92 Å². The van der Waals surface area contributed by atoms with Crippen LogP contribution in [0.5, 0.6) is 0 Å². The van der Waals surface area contributed by atoms with Crippen LogP contribution in [-0.2, 0) is 7.05 Å². The number of hydrogen-bond donors (Lipinski definition) is 0. The molecule has 2 saturated heterocycles. The van der Waals surface area contributed by atoms with Gasteiger partial charge in [-0.25, -0.2) is 0 Å². The Bertz CT molecular complexity index is 485. The van der Waals surface area contributed by atoms with Gasteiger partial charge in [0.15, 0.2) is 0 Å². The summed E-state index contributed by atoms with van der Waals surface area (Å²) in [6.45, 7) is 13.9. The molecule has 6 heteroatoms. The molecule has 0 aliphatic carbocycles. The predicted octanol–water partition coefficient (Wildman–Crippen LogP) is 1.37. The van der Waals surface area contributed by atoms with Gasteiger partial charge >= 0.3 is 0 Å². The lowest BCUT2D eigenvalue weighted by Gasteiger charge is -2.37. The van der Waals surface area contributed by atoms with Gasteiger partial charge in [0.2, 0.25) is 5.95 Å². The molecule has 1 unspecified atom stereocenters. The van der Waals surface area contributed by atoms with Crippen molar-refractivity contribution in [3.63, 3.8) is 0 Å². The average Bonchev–Trinajstić information content (AvgIpc) is 2.89. The van der Waals surface area contributed by atoms with E-state index in [2.05, 4.69) is 43.4 Å². The van der Waals surface area contributed by atoms with Crippen molar-refractivity contribution in [2.24, 2.45) is 13.0 Å². The molecule has 1 aromatic heterocycles. The van der Waals surface area contributed by atoms with E-state index < -0.39 is 0 Å². The number of hydrogen-bond acceptors (Lipinski definition) is 5. The average molecular weight is 320 g/mol. The van der Waals surface area contributed by atoms with Crippen molar-refractivity contribution >= 4 is 5.95 Å². The molecule has 2 aliphatic rings. The third-order valence-corrected chi connectivity index (χ3v) is 5.31. The lowest BCUT2D eigenvalue weighted by molar-refractivity contribution is 0.160. The molecule has 0 radical (unpaired) electrons. The highest BCUT2D eigenvalue weighted by Gasteiger charge is 2.22. The van der Waals surface area contributed by atoms with Crippen LogP contribution in [0.1, 0.15) is 32.0 Å². The first-order chi connectivity index (χ1) is 11.1. The van der Waals surface area contributed by atoms with Gasteiger partial charge in [-0.2, -0.15) is 0 Å². The maximum absolute atomic E-state index is 4.32. The minimum Gasteiger partial charge on any atom is -0.338 e. The lowest BCUT2D eigenvalue weighted by atomic mass is 10.1. The minimum absolute atomic E-state index is 0.761. The van der Waals surface area contributed by atoms with Gasteiger partial charge < -0.3 is 14.4 Å². The standard InChI is InChI=1S/C17H32N6/c1-15(13-21-7-5-4-6-8-21)14-22-9-11-23(12-10-22)17-19-18-16(2)20(17)3/h15H,4-14H2,1-3H3.